The Labute approximate surface area is 60.8 Å². The molecule has 2 nitrogen and oxygen atoms in total. The monoisotopic (exact) mass is 137 g/mol. The summed E-state index contributed by atoms with van der Waals surface area (Å²) >= 11 is 0. The molecule has 1 aliphatic carbocycles. The van der Waals surface area contributed by atoms with Crippen molar-refractivity contribution in [2.24, 2.45) is 11.8 Å². The van der Waals surface area contributed by atoms with E-state index in [0.29, 0.717) is 24.5 Å². The number of nitrogens with zero attached hydrogens (tertiary/aromatic N) is 1. The van der Waals surface area contributed by atoms with Crippen molar-refractivity contribution < 1.29 is 5.11 Å². The van der Waals surface area contributed by atoms with Crippen molar-refractivity contribution in [3.63, 3.8) is 0 Å². The van der Waals surface area contributed by atoms with Crippen molar-refractivity contribution in [1.29, 1.82) is 5.26 Å². The van der Waals surface area contributed by atoms with Crippen molar-refractivity contribution in [2.45, 2.75) is 19.8 Å². The number of rotatable bonds is 0. The van der Waals surface area contributed by atoms with Crippen LogP contribution in [-0.2, 0) is 0 Å². The smallest absolute Gasteiger partial charge is 0.0886 e. The van der Waals surface area contributed by atoms with E-state index in [9.17, 15) is 0 Å². The van der Waals surface area contributed by atoms with Gasteiger partial charge in [0.25, 0.3) is 0 Å². The molecule has 1 N–H and O–H groups in total. The Morgan fingerprint density at radius 3 is 3.00 bits per heavy atom. The highest BCUT2D eigenvalue weighted by Crippen LogP contribution is 2.27. The van der Waals surface area contributed by atoms with Gasteiger partial charge in [0.2, 0.25) is 0 Å². The highest BCUT2D eigenvalue weighted by atomic mass is 16.3. The van der Waals surface area contributed by atoms with Gasteiger partial charge in [-0.05, 0) is 18.4 Å². The Hall–Kier alpha value is -0.970. The Morgan fingerprint density at radius 1 is 1.80 bits per heavy atom. The van der Waals surface area contributed by atoms with Crippen LogP contribution in [0.1, 0.15) is 19.8 Å². The maximum Gasteiger partial charge on any atom is 0.0886 e. The maximum atomic E-state index is 9.04. The average molecular weight is 137 g/mol. The summed E-state index contributed by atoms with van der Waals surface area (Å²) < 4.78 is 0. The second-order valence-electron chi connectivity index (χ2n) is 2.85. The highest BCUT2D eigenvalue weighted by Gasteiger charge is 2.20. The van der Waals surface area contributed by atoms with Crippen LogP contribution in [0.5, 0.6) is 0 Å². The zero-order valence-corrected chi connectivity index (χ0v) is 6.04. The normalized spacial score (nSPS) is 32.6. The van der Waals surface area contributed by atoms with Crippen LogP contribution < -0.4 is 0 Å². The summed E-state index contributed by atoms with van der Waals surface area (Å²) in [6.07, 6.45) is 3.12. The first-order valence-corrected chi connectivity index (χ1v) is 3.51. The van der Waals surface area contributed by atoms with E-state index >= 15 is 0 Å². The van der Waals surface area contributed by atoms with E-state index in [1.165, 1.54) is 0 Å². The Balaban J connectivity index is 2.63. The van der Waals surface area contributed by atoms with Gasteiger partial charge in [-0.2, -0.15) is 5.26 Å². The third-order valence-corrected chi connectivity index (χ3v) is 1.99. The molecule has 1 rings (SSSR count). The second-order valence-corrected chi connectivity index (χ2v) is 2.85. The van der Waals surface area contributed by atoms with E-state index in [-0.39, 0.29) is 5.92 Å². The molecule has 0 saturated heterocycles. The standard InChI is InChI=1S/C8H11NO/c1-6-4-8(10)3-2-7(6)5-9/h3,6-7,10H,2,4H2,1H3. The summed E-state index contributed by atoms with van der Waals surface area (Å²) in [5, 5.41) is 17.6. The van der Waals surface area contributed by atoms with E-state index < -0.39 is 0 Å². The minimum Gasteiger partial charge on any atom is -0.513 e. The van der Waals surface area contributed by atoms with Gasteiger partial charge in [-0.25, -0.2) is 0 Å². The predicted molar refractivity (Wildman–Crippen MR) is 38.2 cm³/mol. The number of aliphatic hydroxyl groups excluding tert-OH is 1. The summed E-state index contributed by atoms with van der Waals surface area (Å²) in [7, 11) is 0. The third kappa shape index (κ3) is 1.30. The largest absolute Gasteiger partial charge is 0.513 e. The number of aliphatic hydroxyl groups is 1. The van der Waals surface area contributed by atoms with Crippen LogP contribution in [0, 0.1) is 23.2 Å². The Bertz CT molecular complexity index is 190. The van der Waals surface area contributed by atoms with Crippen molar-refractivity contribution >= 4 is 0 Å². The molecule has 1 aliphatic rings. The minimum absolute atomic E-state index is 0.107. The van der Waals surface area contributed by atoms with E-state index in [4.69, 9.17) is 10.4 Å². The fourth-order valence-electron chi connectivity index (χ4n) is 1.23. The molecule has 0 heterocycles. The summed E-state index contributed by atoms with van der Waals surface area (Å²) in [6, 6.07) is 2.22. The number of nitriles is 1. The molecule has 0 bridgehead atoms. The van der Waals surface area contributed by atoms with Crippen LogP contribution >= 0.6 is 0 Å². The van der Waals surface area contributed by atoms with Gasteiger partial charge in [0.05, 0.1) is 17.7 Å². The molecule has 0 saturated carbocycles. The van der Waals surface area contributed by atoms with Crippen molar-refractivity contribution in [2.75, 3.05) is 0 Å². The van der Waals surface area contributed by atoms with E-state index in [1.54, 1.807) is 6.08 Å². The topological polar surface area (TPSA) is 44.0 Å². The molecule has 0 aromatic heterocycles. The van der Waals surface area contributed by atoms with E-state index in [0.717, 1.165) is 0 Å². The fraction of sp³-hybridized carbons (Fsp3) is 0.625. The van der Waals surface area contributed by atoms with E-state index in [1.807, 2.05) is 6.92 Å². The van der Waals surface area contributed by atoms with Crippen LogP contribution in [-0.4, -0.2) is 5.11 Å². The van der Waals surface area contributed by atoms with Gasteiger partial charge < -0.3 is 5.11 Å². The number of allylic oxidation sites excluding steroid dienone is 2. The number of hydrogen-bond acceptors (Lipinski definition) is 2. The lowest BCUT2D eigenvalue weighted by atomic mass is 9.85. The van der Waals surface area contributed by atoms with Crippen LogP contribution in [0.3, 0.4) is 0 Å². The summed E-state index contributed by atoms with van der Waals surface area (Å²) in [5.41, 5.74) is 0. The fourth-order valence-corrected chi connectivity index (χ4v) is 1.23. The quantitative estimate of drug-likeness (QED) is 0.555. The SMILES string of the molecule is CC1CC(O)=CCC1C#N. The van der Waals surface area contributed by atoms with Gasteiger partial charge in [-0.3, -0.25) is 0 Å². The maximum absolute atomic E-state index is 9.04. The van der Waals surface area contributed by atoms with Crippen LogP contribution in [0.2, 0.25) is 0 Å². The molecule has 0 amide bonds. The average Bonchev–Trinajstić information content (AvgIpc) is 1.88. The number of hydrogen-bond donors (Lipinski definition) is 1. The lowest BCUT2D eigenvalue weighted by molar-refractivity contribution is 0.303. The predicted octanol–water partition coefficient (Wildman–Crippen LogP) is 2.00. The van der Waals surface area contributed by atoms with Gasteiger partial charge in [0, 0.05) is 6.42 Å². The Morgan fingerprint density at radius 2 is 2.50 bits per heavy atom. The summed E-state index contributed by atoms with van der Waals surface area (Å²) in [5.74, 6) is 0.866. The first-order chi connectivity index (χ1) is 4.74. The lowest BCUT2D eigenvalue weighted by Gasteiger charge is -2.20. The second kappa shape index (κ2) is 2.74. The lowest BCUT2D eigenvalue weighted by Crippen LogP contribution is -2.14. The molecule has 0 spiro atoms. The van der Waals surface area contributed by atoms with Gasteiger partial charge in [-0.1, -0.05) is 6.92 Å². The zero-order chi connectivity index (χ0) is 7.56. The zero-order valence-electron chi connectivity index (χ0n) is 6.04. The molecule has 0 fully saturated rings. The molecule has 54 valence electrons. The highest BCUT2D eigenvalue weighted by molar-refractivity contribution is 5.05. The van der Waals surface area contributed by atoms with Crippen molar-refractivity contribution in [3.8, 4) is 6.07 Å². The third-order valence-electron chi connectivity index (χ3n) is 1.99. The molecule has 10 heavy (non-hydrogen) atoms. The molecular weight excluding hydrogens is 126 g/mol. The first kappa shape index (κ1) is 7.14. The molecule has 2 unspecified atom stereocenters. The minimum atomic E-state index is 0.107. The first-order valence-electron chi connectivity index (χ1n) is 3.51. The van der Waals surface area contributed by atoms with Gasteiger partial charge in [0.15, 0.2) is 0 Å². The molecule has 0 radical (unpaired) electrons. The molecule has 2 heteroatoms. The Kier molecular flexibility index (Phi) is 1.96. The summed E-state index contributed by atoms with van der Waals surface area (Å²) in [6.45, 7) is 2.00. The van der Waals surface area contributed by atoms with Crippen LogP contribution in [0.4, 0.5) is 0 Å². The molecule has 0 aliphatic heterocycles. The van der Waals surface area contributed by atoms with Crippen molar-refractivity contribution in [3.05, 3.63) is 11.8 Å². The summed E-state index contributed by atoms with van der Waals surface area (Å²) in [4.78, 5) is 0. The molecule has 2 atom stereocenters. The van der Waals surface area contributed by atoms with Crippen molar-refractivity contribution in [1.82, 2.24) is 0 Å². The molecular formula is C8H11NO. The van der Waals surface area contributed by atoms with E-state index in [2.05, 4.69) is 6.07 Å². The van der Waals surface area contributed by atoms with Crippen LogP contribution in [0.25, 0.3) is 0 Å². The molecule has 0 aromatic carbocycles. The van der Waals surface area contributed by atoms with Crippen LogP contribution in [0.15, 0.2) is 11.8 Å². The van der Waals surface area contributed by atoms with Gasteiger partial charge >= 0.3 is 0 Å². The van der Waals surface area contributed by atoms with Gasteiger partial charge in [-0.15, -0.1) is 0 Å². The molecule has 0 aromatic rings. The van der Waals surface area contributed by atoms with Gasteiger partial charge in [0.1, 0.15) is 0 Å².